The molecule has 1 aliphatic rings. The van der Waals surface area contributed by atoms with E-state index in [1.165, 1.54) is 31.7 Å². The molecular formula is C16H24FN. The third kappa shape index (κ3) is 3.55. The smallest absolute Gasteiger partial charge is 0.123 e. The highest BCUT2D eigenvalue weighted by atomic mass is 19.1. The first kappa shape index (κ1) is 13.5. The molecule has 0 saturated heterocycles. The zero-order valence-corrected chi connectivity index (χ0v) is 11.5. The average Bonchev–Trinajstić information content (AvgIpc) is 2.36. The third-order valence-electron chi connectivity index (χ3n) is 4.03. The fourth-order valence-corrected chi connectivity index (χ4v) is 3.04. The molecule has 18 heavy (non-hydrogen) atoms. The summed E-state index contributed by atoms with van der Waals surface area (Å²) in [4.78, 5) is 0. The molecule has 2 heteroatoms. The predicted octanol–water partition coefficient (Wildman–Crippen LogP) is 4.45. The summed E-state index contributed by atoms with van der Waals surface area (Å²) in [6.45, 7) is 4.49. The molecule has 0 spiro atoms. The van der Waals surface area contributed by atoms with E-state index in [2.05, 4.69) is 19.2 Å². The van der Waals surface area contributed by atoms with E-state index in [-0.39, 0.29) is 11.9 Å². The molecule has 1 aromatic rings. The van der Waals surface area contributed by atoms with E-state index in [4.69, 9.17) is 0 Å². The minimum atomic E-state index is -0.134. The van der Waals surface area contributed by atoms with Crippen molar-refractivity contribution >= 4 is 0 Å². The van der Waals surface area contributed by atoms with Gasteiger partial charge in [-0.3, -0.25) is 0 Å². The lowest BCUT2D eigenvalue weighted by atomic mass is 9.86. The van der Waals surface area contributed by atoms with Gasteiger partial charge in [-0.25, -0.2) is 4.39 Å². The quantitative estimate of drug-likeness (QED) is 0.831. The molecule has 1 saturated carbocycles. The Hall–Kier alpha value is -0.890. The number of benzene rings is 1. The Bertz CT molecular complexity index is 377. The molecule has 1 aliphatic carbocycles. The second kappa shape index (κ2) is 6.33. The Morgan fingerprint density at radius 2 is 2.22 bits per heavy atom. The van der Waals surface area contributed by atoms with Crippen LogP contribution in [-0.2, 0) is 0 Å². The molecule has 0 radical (unpaired) electrons. The normalized spacial score (nSPS) is 25.9. The lowest BCUT2D eigenvalue weighted by Gasteiger charge is -2.31. The van der Waals surface area contributed by atoms with Crippen molar-refractivity contribution in [2.24, 2.45) is 5.92 Å². The Morgan fingerprint density at radius 3 is 2.89 bits per heavy atom. The number of nitrogens with one attached hydrogen (secondary N) is 1. The maximum atomic E-state index is 13.3. The molecule has 1 aromatic carbocycles. The van der Waals surface area contributed by atoms with E-state index in [0.29, 0.717) is 6.04 Å². The molecule has 0 amide bonds. The van der Waals surface area contributed by atoms with Crippen molar-refractivity contribution < 1.29 is 4.39 Å². The van der Waals surface area contributed by atoms with E-state index >= 15 is 0 Å². The number of rotatable bonds is 4. The Morgan fingerprint density at radius 1 is 1.39 bits per heavy atom. The van der Waals surface area contributed by atoms with Crippen LogP contribution in [0.2, 0.25) is 0 Å². The average molecular weight is 249 g/mol. The van der Waals surface area contributed by atoms with Crippen LogP contribution in [0.1, 0.15) is 57.6 Å². The van der Waals surface area contributed by atoms with Gasteiger partial charge in [0.05, 0.1) is 0 Å². The third-order valence-corrected chi connectivity index (χ3v) is 4.03. The van der Waals surface area contributed by atoms with Gasteiger partial charge in [-0.1, -0.05) is 38.8 Å². The van der Waals surface area contributed by atoms with E-state index in [1.807, 2.05) is 6.07 Å². The predicted molar refractivity (Wildman–Crippen MR) is 74.0 cm³/mol. The van der Waals surface area contributed by atoms with Gasteiger partial charge in [0.2, 0.25) is 0 Å². The topological polar surface area (TPSA) is 12.0 Å². The number of halogens is 1. The summed E-state index contributed by atoms with van der Waals surface area (Å²) in [7, 11) is 0. The summed E-state index contributed by atoms with van der Waals surface area (Å²) in [5, 5.41) is 3.71. The second-order valence-electron chi connectivity index (χ2n) is 5.65. The van der Waals surface area contributed by atoms with Crippen molar-refractivity contribution in [1.82, 2.24) is 5.32 Å². The number of hydrogen-bond donors (Lipinski definition) is 1. The molecule has 100 valence electrons. The van der Waals surface area contributed by atoms with Crippen molar-refractivity contribution in [3.8, 4) is 0 Å². The van der Waals surface area contributed by atoms with Crippen LogP contribution < -0.4 is 5.32 Å². The van der Waals surface area contributed by atoms with Gasteiger partial charge in [0.1, 0.15) is 5.82 Å². The summed E-state index contributed by atoms with van der Waals surface area (Å²) in [6.07, 6.45) is 6.20. The van der Waals surface area contributed by atoms with Gasteiger partial charge >= 0.3 is 0 Å². The van der Waals surface area contributed by atoms with Crippen molar-refractivity contribution in [2.75, 3.05) is 0 Å². The van der Waals surface area contributed by atoms with E-state index in [0.717, 1.165) is 17.9 Å². The van der Waals surface area contributed by atoms with E-state index < -0.39 is 0 Å². The molecule has 1 nitrogen and oxygen atoms in total. The van der Waals surface area contributed by atoms with Crippen LogP contribution in [0.15, 0.2) is 24.3 Å². The van der Waals surface area contributed by atoms with Crippen molar-refractivity contribution in [1.29, 1.82) is 0 Å². The fraction of sp³-hybridized carbons (Fsp3) is 0.625. The van der Waals surface area contributed by atoms with Gasteiger partial charge < -0.3 is 5.32 Å². The van der Waals surface area contributed by atoms with Gasteiger partial charge in [-0.2, -0.15) is 0 Å². The van der Waals surface area contributed by atoms with Crippen LogP contribution in [-0.4, -0.2) is 6.04 Å². The van der Waals surface area contributed by atoms with Crippen LogP contribution >= 0.6 is 0 Å². The summed E-state index contributed by atoms with van der Waals surface area (Å²) in [5.74, 6) is 0.686. The Balaban J connectivity index is 2.00. The highest BCUT2D eigenvalue weighted by Gasteiger charge is 2.21. The number of hydrogen-bond acceptors (Lipinski definition) is 1. The molecule has 3 unspecified atom stereocenters. The first-order chi connectivity index (χ1) is 8.69. The zero-order valence-electron chi connectivity index (χ0n) is 11.5. The van der Waals surface area contributed by atoms with Crippen LogP contribution in [0.3, 0.4) is 0 Å². The largest absolute Gasteiger partial charge is 0.307 e. The summed E-state index contributed by atoms with van der Waals surface area (Å²) < 4.78 is 13.3. The molecule has 0 bridgehead atoms. The van der Waals surface area contributed by atoms with Crippen LogP contribution in [0.4, 0.5) is 4.39 Å². The van der Waals surface area contributed by atoms with Gasteiger partial charge in [0, 0.05) is 12.1 Å². The van der Waals surface area contributed by atoms with E-state index in [9.17, 15) is 4.39 Å². The first-order valence-electron chi connectivity index (χ1n) is 7.20. The Kier molecular flexibility index (Phi) is 4.76. The highest BCUT2D eigenvalue weighted by Crippen LogP contribution is 2.27. The summed E-state index contributed by atoms with van der Waals surface area (Å²) in [6, 6.07) is 7.89. The SMILES string of the molecule is CCC(NC1CCCC(C)C1)c1cccc(F)c1. The fourth-order valence-electron chi connectivity index (χ4n) is 3.04. The van der Waals surface area contributed by atoms with Crippen molar-refractivity contribution in [3.05, 3.63) is 35.6 Å². The van der Waals surface area contributed by atoms with Gasteiger partial charge in [-0.15, -0.1) is 0 Å². The molecule has 0 aliphatic heterocycles. The highest BCUT2D eigenvalue weighted by molar-refractivity contribution is 5.20. The molecular weight excluding hydrogens is 225 g/mol. The molecule has 1 fully saturated rings. The van der Waals surface area contributed by atoms with Crippen LogP contribution in [0.25, 0.3) is 0 Å². The standard InChI is InChI=1S/C16H24FN/c1-3-16(13-7-5-8-14(17)11-13)18-15-9-4-6-12(2)10-15/h5,7-8,11-12,15-16,18H,3-4,6,9-10H2,1-2H3. The van der Waals surface area contributed by atoms with Crippen molar-refractivity contribution in [2.45, 2.75) is 58.0 Å². The molecule has 2 rings (SSSR count). The molecule has 0 heterocycles. The minimum absolute atomic E-state index is 0.134. The minimum Gasteiger partial charge on any atom is -0.307 e. The van der Waals surface area contributed by atoms with E-state index in [1.54, 1.807) is 12.1 Å². The van der Waals surface area contributed by atoms with Gasteiger partial charge in [-0.05, 0) is 42.9 Å². The maximum absolute atomic E-state index is 13.3. The van der Waals surface area contributed by atoms with Crippen molar-refractivity contribution in [3.63, 3.8) is 0 Å². The summed E-state index contributed by atoms with van der Waals surface area (Å²) >= 11 is 0. The first-order valence-corrected chi connectivity index (χ1v) is 7.20. The lowest BCUT2D eigenvalue weighted by Crippen LogP contribution is -2.36. The zero-order chi connectivity index (χ0) is 13.0. The Labute approximate surface area is 110 Å². The van der Waals surface area contributed by atoms with Gasteiger partial charge in [0.15, 0.2) is 0 Å². The molecule has 0 aromatic heterocycles. The monoisotopic (exact) mass is 249 g/mol. The molecule has 3 atom stereocenters. The lowest BCUT2D eigenvalue weighted by molar-refractivity contribution is 0.278. The van der Waals surface area contributed by atoms with Crippen LogP contribution in [0.5, 0.6) is 0 Å². The molecule has 1 N–H and O–H groups in total. The van der Waals surface area contributed by atoms with Gasteiger partial charge in [0.25, 0.3) is 0 Å². The second-order valence-corrected chi connectivity index (χ2v) is 5.65. The maximum Gasteiger partial charge on any atom is 0.123 e. The van der Waals surface area contributed by atoms with Crippen LogP contribution in [0, 0.1) is 11.7 Å². The summed E-state index contributed by atoms with van der Waals surface area (Å²) in [5.41, 5.74) is 1.08.